The molecule has 1 aromatic heterocycles. The maximum Gasteiger partial charge on any atom is 0.257 e. The van der Waals surface area contributed by atoms with E-state index in [1.54, 1.807) is 0 Å². The van der Waals surface area contributed by atoms with Gasteiger partial charge in [0.25, 0.3) is 5.91 Å². The first-order valence-corrected chi connectivity index (χ1v) is 10.1. The lowest BCUT2D eigenvalue weighted by Gasteiger charge is -2.31. The molecule has 0 radical (unpaired) electrons. The second-order valence-electron chi connectivity index (χ2n) is 7.43. The number of aromatic nitrogens is 2. The summed E-state index contributed by atoms with van der Waals surface area (Å²) in [4.78, 5) is 29.9. The molecule has 1 aliphatic rings. The highest BCUT2D eigenvalue weighted by Gasteiger charge is 2.32. The fraction of sp³-hybridized carbons (Fsp3) is 0.500. The zero-order valence-electron chi connectivity index (χ0n) is 17.3. The van der Waals surface area contributed by atoms with E-state index < -0.39 is 0 Å². The third-order valence-electron chi connectivity index (χ3n) is 5.64. The molecule has 150 valence electrons. The van der Waals surface area contributed by atoms with Crippen LogP contribution in [-0.4, -0.2) is 50.5 Å². The molecule has 1 aromatic carbocycles. The molecule has 6 nitrogen and oxygen atoms in total. The average Bonchev–Trinajstić information content (AvgIpc) is 2.89. The van der Waals surface area contributed by atoms with E-state index in [0.29, 0.717) is 31.6 Å². The second-order valence-corrected chi connectivity index (χ2v) is 7.43. The van der Waals surface area contributed by atoms with E-state index in [4.69, 9.17) is 0 Å². The van der Waals surface area contributed by atoms with Gasteiger partial charge >= 0.3 is 0 Å². The van der Waals surface area contributed by atoms with Crippen LogP contribution >= 0.6 is 0 Å². The number of rotatable bonds is 5. The monoisotopic (exact) mass is 382 g/mol. The van der Waals surface area contributed by atoms with Gasteiger partial charge in [-0.3, -0.25) is 14.3 Å². The van der Waals surface area contributed by atoms with Crippen LogP contribution in [0.3, 0.4) is 0 Å². The predicted octanol–water partition coefficient (Wildman–Crippen LogP) is 3.17. The molecule has 0 spiro atoms. The standard InChI is InChI=1S/C22H30N4O2/c1-5-19-15-24(22(28)21-16(3)23-26(6-2)17(21)4)13-12-20(27)25(19)14-18-10-8-7-9-11-18/h7-11,19H,5-6,12-15H2,1-4H3/t19-/m0/s1. The molecule has 1 saturated heterocycles. The van der Waals surface area contributed by atoms with Crippen LogP contribution in [0.25, 0.3) is 0 Å². The van der Waals surface area contributed by atoms with Crippen molar-refractivity contribution in [2.75, 3.05) is 13.1 Å². The normalized spacial score (nSPS) is 17.7. The van der Waals surface area contributed by atoms with Crippen LogP contribution < -0.4 is 0 Å². The van der Waals surface area contributed by atoms with E-state index in [9.17, 15) is 9.59 Å². The van der Waals surface area contributed by atoms with Gasteiger partial charge in [0.05, 0.1) is 11.3 Å². The van der Waals surface area contributed by atoms with Crippen LogP contribution in [0.2, 0.25) is 0 Å². The molecule has 0 bridgehead atoms. The van der Waals surface area contributed by atoms with Crippen LogP contribution in [0.15, 0.2) is 30.3 Å². The highest BCUT2D eigenvalue weighted by Crippen LogP contribution is 2.21. The molecule has 2 aromatic rings. The predicted molar refractivity (Wildman–Crippen MR) is 109 cm³/mol. The van der Waals surface area contributed by atoms with Crippen LogP contribution in [0.1, 0.15) is 54.0 Å². The Hall–Kier alpha value is -2.63. The first kappa shape index (κ1) is 20.1. The van der Waals surface area contributed by atoms with E-state index in [1.165, 1.54) is 0 Å². The first-order chi connectivity index (χ1) is 13.5. The van der Waals surface area contributed by atoms with E-state index in [-0.39, 0.29) is 17.9 Å². The number of aryl methyl sites for hydroxylation is 2. The van der Waals surface area contributed by atoms with Gasteiger partial charge in [0.2, 0.25) is 5.91 Å². The Morgan fingerprint density at radius 1 is 1.18 bits per heavy atom. The van der Waals surface area contributed by atoms with Gasteiger partial charge in [-0.05, 0) is 32.8 Å². The Bertz CT molecular complexity index is 844. The van der Waals surface area contributed by atoms with E-state index in [1.807, 2.05) is 65.6 Å². The summed E-state index contributed by atoms with van der Waals surface area (Å²) in [5, 5.41) is 4.48. The highest BCUT2D eigenvalue weighted by molar-refractivity contribution is 5.97. The molecule has 3 rings (SSSR count). The maximum atomic E-state index is 13.3. The van der Waals surface area contributed by atoms with Gasteiger partial charge in [-0.25, -0.2) is 0 Å². The lowest BCUT2D eigenvalue weighted by molar-refractivity contribution is -0.133. The van der Waals surface area contributed by atoms with Crippen molar-refractivity contribution in [1.29, 1.82) is 0 Å². The number of nitrogens with zero attached hydrogens (tertiary/aromatic N) is 4. The van der Waals surface area contributed by atoms with Gasteiger partial charge in [0.1, 0.15) is 0 Å². The molecular weight excluding hydrogens is 352 g/mol. The summed E-state index contributed by atoms with van der Waals surface area (Å²) in [5.41, 5.74) is 3.45. The minimum Gasteiger partial charge on any atom is -0.336 e. The van der Waals surface area contributed by atoms with E-state index >= 15 is 0 Å². The van der Waals surface area contributed by atoms with Crippen molar-refractivity contribution in [2.45, 2.75) is 59.7 Å². The molecule has 28 heavy (non-hydrogen) atoms. The van der Waals surface area contributed by atoms with Crippen molar-refractivity contribution in [2.24, 2.45) is 0 Å². The largest absolute Gasteiger partial charge is 0.336 e. The van der Waals surface area contributed by atoms with E-state index in [2.05, 4.69) is 12.0 Å². The van der Waals surface area contributed by atoms with Crippen molar-refractivity contribution in [1.82, 2.24) is 19.6 Å². The molecule has 6 heteroatoms. The summed E-state index contributed by atoms with van der Waals surface area (Å²) in [7, 11) is 0. The van der Waals surface area contributed by atoms with Crippen molar-refractivity contribution in [3.63, 3.8) is 0 Å². The fourth-order valence-corrected chi connectivity index (χ4v) is 4.03. The van der Waals surface area contributed by atoms with Crippen molar-refractivity contribution in [3.05, 3.63) is 52.8 Å². The van der Waals surface area contributed by atoms with Gasteiger partial charge in [-0.15, -0.1) is 0 Å². The summed E-state index contributed by atoms with van der Waals surface area (Å²) >= 11 is 0. The van der Waals surface area contributed by atoms with E-state index in [0.717, 1.165) is 29.9 Å². The highest BCUT2D eigenvalue weighted by atomic mass is 16.2. The molecule has 2 amide bonds. The van der Waals surface area contributed by atoms with Gasteiger partial charge in [0, 0.05) is 44.3 Å². The number of carbonyl (C=O) groups excluding carboxylic acids is 2. The molecule has 0 N–H and O–H groups in total. The van der Waals surface area contributed by atoms with Gasteiger partial charge in [-0.2, -0.15) is 5.10 Å². The zero-order valence-corrected chi connectivity index (χ0v) is 17.3. The lowest BCUT2D eigenvalue weighted by atomic mass is 10.1. The molecular formula is C22H30N4O2. The molecule has 1 fully saturated rings. The van der Waals surface area contributed by atoms with Crippen LogP contribution in [0.5, 0.6) is 0 Å². The topological polar surface area (TPSA) is 58.4 Å². The smallest absolute Gasteiger partial charge is 0.257 e. The number of hydrogen-bond donors (Lipinski definition) is 0. The molecule has 0 aliphatic carbocycles. The summed E-state index contributed by atoms with van der Waals surface area (Å²) in [5.74, 6) is 0.103. The minimum atomic E-state index is -0.0116. The maximum absolute atomic E-state index is 13.3. The summed E-state index contributed by atoms with van der Waals surface area (Å²) < 4.78 is 1.87. The number of benzene rings is 1. The fourth-order valence-electron chi connectivity index (χ4n) is 4.03. The van der Waals surface area contributed by atoms with Crippen molar-refractivity contribution < 1.29 is 9.59 Å². The van der Waals surface area contributed by atoms with Crippen LogP contribution in [0.4, 0.5) is 0 Å². The van der Waals surface area contributed by atoms with Crippen LogP contribution in [-0.2, 0) is 17.9 Å². The Balaban J connectivity index is 1.83. The first-order valence-electron chi connectivity index (χ1n) is 10.1. The van der Waals surface area contributed by atoms with Crippen molar-refractivity contribution in [3.8, 4) is 0 Å². The van der Waals surface area contributed by atoms with Crippen LogP contribution in [0, 0.1) is 13.8 Å². The Morgan fingerprint density at radius 2 is 1.89 bits per heavy atom. The molecule has 0 unspecified atom stereocenters. The number of hydrogen-bond acceptors (Lipinski definition) is 3. The number of carbonyl (C=O) groups is 2. The summed E-state index contributed by atoms with van der Waals surface area (Å²) in [6.07, 6.45) is 1.17. The Labute approximate surface area is 167 Å². The van der Waals surface area contributed by atoms with Crippen molar-refractivity contribution >= 4 is 11.8 Å². The third-order valence-corrected chi connectivity index (χ3v) is 5.64. The van der Waals surface area contributed by atoms with Gasteiger partial charge < -0.3 is 9.80 Å². The summed E-state index contributed by atoms with van der Waals surface area (Å²) in [6, 6.07) is 10.1. The minimum absolute atomic E-state index is 0.0116. The molecule has 0 saturated carbocycles. The van der Waals surface area contributed by atoms with Gasteiger partial charge in [0.15, 0.2) is 0 Å². The number of amides is 2. The third kappa shape index (κ3) is 3.96. The molecule has 1 aliphatic heterocycles. The Morgan fingerprint density at radius 3 is 2.50 bits per heavy atom. The average molecular weight is 383 g/mol. The Kier molecular flexibility index (Phi) is 6.17. The molecule has 2 heterocycles. The quantitative estimate of drug-likeness (QED) is 0.798. The lowest BCUT2D eigenvalue weighted by Crippen LogP contribution is -2.44. The summed E-state index contributed by atoms with van der Waals surface area (Å²) in [6.45, 7) is 10.3. The molecule has 1 atom stereocenters. The SMILES string of the molecule is CC[C@H]1CN(C(=O)c2c(C)nn(CC)c2C)CCC(=O)N1Cc1ccccc1. The van der Waals surface area contributed by atoms with Gasteiger partial charge in [-0.1, -0.05) is 37.3 Å². The zero-order chi connectivity index (χ0) is 20.3. The second kappa shape index (κ2) is 8.59.